The molecule has 0 radical (unpaired) electrons. The Hall–Kier alpha value is -1.95. The molecule has 1 aliphatic rings. The van der Waals surface area contributed by atoms with E-state index in [4.69, 9.17) is 0 Å². The standard InChI is InChI=1S/C23H33N3O2S/c1-3-4-15-24-23(28)18-14-13-17(2)26(16-18)22(27)12-8-7-11-21-25-19-9-5-6-10-20(19)29-21/h5-6,9-10,17-18H,3-4,7-8,11-16H2,1-2H3,(H,24,28). The number of rotatable bonds is 9. The number of unbranched alkanes of at least 4 members (excludes halogenated alkanes) is 2. The summed E-state index contributed by atoms with van der Waals surface area (Å²) in [6.07, 6.45) is 7.17. The molecule has 1 aromatic heterocycles. The molecular formula is C23H33N3O2S. The second-order valence-corrected chi connectivity index (χ2v) is 9.21. The summed E-state index contributed by atoms with van der Waals surface area (Å²) in [7, 11) is 0. The maximum absolute atomic E-state index is 12.8. The number of fused-ring (bicyclic) bond motifs is 1. The molecule has 2 heterocycles. The summed E-state index contributed by atoms with van der Waals surface area (Å²) in [6.45, 7) is 5.52. The highest BCUT2D eigenvalue weighted by molar-refractivity contribution is 7.18. The van der Waals surface area contributed by atoms with Crippen LogP contribution in [-0.4, -0.2) is 40.8 Å². The van der Waals surface area contributed by atoms with Crippen LogP contribution in [0.25, 0.3) is 10.2 Å². The SMILES string of the molecule is CCCCNC(=O)C1CCC(C)N(C(=O)CCCCc2nc3ccccc3s2)C1. The molecule has 29 heavy (non-hydrogen) atoms. The topological polar surface area (TPSA) is 62.3 Å². The quantitative estimate of drug-likeness (QED) is 0.611. The van der Waals surface area contributed by atoms with Crippen molar-refractivity contribution in [2.75, 3.05) is 13.1 Å². The fraction of sp³-hybridized carbons (Fsp3) is 0.609. The monoisotopic (exact) mass is 415 g/mol. The van der Waals surface area contributed by atoms with Gasteiger partial charge < -0.3 is 10.2 Å². The van der Waals surface area contributed by atoms with Crippen LogP contribution in [0.4, 0.5) is 0 Å². The van der Waals surface area contributed by atoms with Crippen LogP contribution >= 0.6 is 11.3 Å². The van der Waals surface area contributed by atoms with Crippen LogP contribution in [0.3, 0.4) is 0 Å². The first-order chi connectivity index (χ1) is 14.1. The Labute approximate surface area is 177 Å². The lowest BCUT2D eigenvalue weighted by Gasteiger charge is -2.37. The molecule has 1 saturated heterocycles. The molecule has 2 aromatic rings. The molecule has 3 rings (SSSR count). The van der Waals surface area contributed by atoms with Gasteiger partial charge in [-0.25, -0.2) is 4.98 Å². The molecule has 0 spiro atoms. The highest BCUT2D eigenvalue weighted by Gasteiger charge is 2.32. The van der Waals surface area contributed by atoms with Gasteiger partial charge in [-0.2, -0.15) is 0 Å². The van der Waals surface area contributed by atoms with E-state index in [1.54, 1.807) is 11.3 Å². The van der Waals surface area contributed by atoms with Gasteiger partial charge in [-0.3, -0.25) is 9.59 Å². The van der Waals surface area contributed by atoms with Crippen LogP contribution in [0, 0.1) is 5.92 Å². The molecule has 0 bridgehead atoms. The fourth-order valence-corrected chi connectivity index (χ4v) is 4.93. The number of thiazole rings is 1. The van der Waals surface area contributed by atoms with Crippen LogP contribution in [0.5, 0.6) is 0 Å². The van der Waals surface area contributed by atoms with E-state index < -0.39 is 0 Å². The molecule has 2 amide bonds. The van der Waals surface area contributed by atoms with Crippen molar-refractivity contribution >= 4 is 33.4 Å². The van der Waals surface area contributed by atoms with Crippen LogP contribution in [0.15, 0.2) is 24.3 Å². The van der Waals surface area contributed by atoms with Gasteiger partial charge in [0.1, 0.15) is 0 Å². The summed E-state index contributed by atoms with van der Waals surface area (Å²) >= 11 is 1.75. The van der Waals surface area contributed by atoms with E-state index in [-0.39, 0.29) is 23.8 Å². The Morgan fingerprint density at radius 3 is 2.83 bits per heavy atom. The smallest absolute Gasteiger partial charge is 0.224 e. The minimum Gasteiger partial charge on any atom is -0.356 e. The third-order valence-corrected chi connectivity index (χ3v) is 6.87. The maximum Gasteiger partial charge on any atom is 0.224 e. The third-order valence-electron chi connectivity index (χ3n) is 5.77. The van der Waals surface area contributed by atoms with E-state index >= 15 is 0 Å². The lowest BCUT2D eigenvalue weighted by atomic mass is 9.92. The molecule has 5 nitrogen and oxygen atoms in total. The molecule has 1 N–H and O–H groups in total. The van der Waals surface area contributed by atoms with Crippen LogP contribution in [0.1, 0.15) is 63.8 Å². The normalized spacial score (nSPS) is 19.4. The Morgan fingerprint density at radius 1 is 1.21 bits per heavy atom. The van der Waals surface area contributed by atoms with Crippen LogP contribution in [0.2, 0.25) is 0 Å². The van der Waals surface area contributed by atoms with E-state index in [1.807, 2.05) is 23.1 Å². The summed E-state index contributed by atoms with van der Waals surface area (Å²) in [4.78, 5) is 31.8. The second-order valence-electron chi connectivity index (χ2n) is 8.10. The largest absolute Gasteiger partial charge is 0.356 e. The maximum atomic E-state index is 12.8. The number of para-hydroxylation sites is 1. The minimum atomic E-state index is -0.0604. The number of benzene rings is 1. The Kier molecular flexibility index (Phi) is 8.04. The summed E-state index contributed by atoms with van der Waals surface area (Å²) < 4.78 is 1.23. The van der Waals surface area contributed by atoms with E-state index in [2.05, 4.69) is 30.2 Å². The summed E-state index contributed by atoms with van der Waals surface area (Å²) in [5.41, 5.74) is 1.06. The van der Waals surface area contributed by atoms with E-state index in [1.165, 1.54) is 4.70 Å². The summed E-state index contributed by atoms with van der Waals surface area (Å²) in [5.74, 6) is 0.238. The number of carbonyl (C=O) groups excluding carboxylic acids is 2. The first-order valence-electron chi connectivity index (χ1n) is 11.0. The van der Waals surface area contributed by atoms with Gasteiger partial charge in [0.25, 0.3) is 0 Å². The molecule has 1 aromatic carbocycles. The van der Waals surface area contributed by atoms with Crippen LogP contribution in [-0.2, 0) is 16.0 Å². The molecule has 2 atom stereocenters. The molecule has 2 unspecified atom stereocenters. The highest BCUT2D eigenvalue weighted by Crippen LogP contribution is 2.25. The van der Waals surface area contributed by atoms with Crippen molar-refractivity contribution in [1.82, 2.24) is 15.2 Å². The zero-order chi connectivity index (χ0) is 20.6. The number of nitrogens with one attached hydrogen (secondary N) is 1. The van der Waals surface area contributed by atoms with Gasteiger partial charge in [0.05, 0.1) is 21.1 Å². The Balaban J connectivity index is 1.43. The molecule has 0 aliphatic carbocycles. The number of amides is 2. The summed E-state index contributed by atoms with van der Waals surface area (Å²) in [6, 6.07) is 8.44. The van der Waals surface area contributed by atoms with Crippen molar-refractivity contribution < 1.29 is 9.59 Å². The van der Waals surface area contributed by atoms with Gasteiger partial charge in [0.2, 0.25) is 11.8 Å². The lowest BCUT2D eigenvalue weighted by Crippen LogP contribution is -2.49. The molecule has 1 fully saturated rings. The van der Waals surface area contributed by atoms with Gasteiger partial charge >= 0.3 is 0 Å². The highest BCUT2D eigenvalue weighted by atomic mass is 32.1. The minimum absolute atomic E-state index is 0.0604. The summed E-state index contributed by atoms with van der Waals surface area (Å²) in [5, 5.41) is 4.17. The average molecular weight is 416 g/mol. The van der Waals surface area contributed by atoms with E-state index in [0.29, 0.717) is 13.0 Å². The third kappa shape index (κ3) is 6.01. The van der Waals surface area contributed by atoms with Gasteiger partial charge in [0, 0.05) is 25.6 Å². The number of likely N-dealkylation sites (tertiary alicyclic amines) is 1. The first kappa shape index (κ1) is 21.8. The fourth-order valence-electron chi connectivity index (χ4n) is 3.92. The van der Waals surface area contributed by atoms with Crippen molar-refractivity contribution in [1.29, 1.82) is 0 Å². The molecule has 6 heteroatoms. The number of hydrogen-bond acceptors (Lipinski definition) is 4. The number of aromatic nitrogens is 1. The second kappa shape index (κ2) is 10.7. The predicted molar refractivity (Wildman–Crippen MR) is 119 cm³/mol. The van der Waals surface area contributed by atoms with Gasteiger partial charge in [-0.1, -0.05) is 25.5 Å². The zero-order valence-corrected chi connectivity index (χ0v) is 18.5. The number of piperidine rings is 1. The number of nitrogens with zero attached hydrogens (tertiary/aromatic N) is 2. The Morgan fingerprint density at radius 2 is 2.03 bits per heavy atom. The number of carbonyl (C=O) groups is 2. The molecule has 158 valence electrons. The van der Waals surface area contributed by atoms with Gasteiger partial charge in [-0.15, -0.1) is 11.3 Å². The van der Waals surface area contributed by atoms with Gasteiger partial charge in [0.15, 0.2) is 0 Å². The van der Waals surface area contributed by atoms with Crippen molar-refractivity contribution in [2.24, 2.45) is 5.92 Å². The number of hydrogen-bond donors (Lipinski definition) is 1. The predicted octanol–water partition coefficient (Wildman–Crippen LogP) is 4.55. The zero-order valence-electron chi connectivity index (χ0n) is 17.7. The van der Waals surface area contributed by atoms with Crippen molar-refractivity contribution in [3.8, 4) is 0 Å². The van der Waals surface area contributed by atoms with E-state index in [0.717, 1.165) is 62.0 Å². The van der Waals surface area contributed by atoms with Crippen molar-refractivity contribution in [3.05, 3.63) is 29.3 Å². The van der Waals surface area contributed by atoms with Crippen LogP contribution < -0.4 is 5.32 Å². The number of aryl methyl sites for hydroxylation is 1. The molecular weight excluding hydrogens is 382 g/mol. The van der Waals surface area contributed by atoms with E-state index in [9.17, 15) is 9.59 Å². The Bertz CT molecular complexity index is 786. The molecule has 0 saturated carbocycles. The van der Waals surface area contributed by atoms with Gasteiger partial charge in [-0.05, 0) is 57.6 Å². The van der Waals surface area contributed by atoms with Crippen molar-refractivity contribution in [2.45, 2.75) is 71.3 Å². The van der Waals surface area contributed by atoms with Crippen molar-refractivity contribution in [3.63, 3.8) is 0 Å². The lowest BCUT2D eigenvalue weighted by molar-refractivity contribution is -0.138. The first-order valence-corrected chi connectivity index (χ1v) is 11.8. The molecule has 1 aliphatic heterocycles. The average Bonchev–Trinajstić information content (AvgIpc) is 3.14.